The van der Waals surface area contributed by atoms with E-state index in [9.17, 15) is 0 Å². The first-order chi connectivity index (χ1) is 9.81. The van der Waals surface area contributed by atoms with Crippen LogP contribution in [0.3, 0.4) is 0 Å². The van der Waals surface area contributed by atoms with Crippen LogP contribution in [0.2, 0.25) is 0 Å². The Hall–Kier alpha value is -1.39. The summed E-state index contributed by atoms with van der Waals surface area (Å²) in [6.07, 6.45) is 3.70. The van der Waals surface area contributed by atoms with Crippen LogP contribution in [-0.4, -0.2) is 25.7 Å². The van der Waals surface area contributed by atoms with Crippen molar-refractivity contribution in [2.24, 2.45) is 0 Å². The topological polar surface area (TPSA) is 34.1 Å². The molecule has 20 heavy (non-hydrogen) atoms. The molecule has 3 rings (SSSR count). The molecule has 0 saturated carbocycles. The zero-order valence-corrected chi connectivity index (χ0v) is 12.8. The number of ether oxygens (including phenoxy) is 1. The van der Waals surface area contributed by atoms with Gasteiger partial charge in [-0.3, -0.25) is 0 Å². The van der Waals surface area contributed by atoms with Gasteiger partial charge in [-0.05, 0) is 38.4 Å². The van der Waals surface area contributed by atoms with Crippen molar-refractivity contribution in [1.29, 1.82) is 0 Å². The lowest BCUT2D eigenvalue weighted by atomic mass is 9.91. The third-order valence-corrected chi connectivity index (χ3v) is 5.02. The van der Waals surface area contributed by atoms with Crippen LogP contribution in [0.15, 0.2) is 24.3 Å². The number of fused-ring (bicyclic) bond motifs is 1. The Kier molecular flexibility index (Phi) is 4.03. The summed E-state index contributed by atoms with van der Waals surface area (Å²) in [5.41, 5.74) is 2.47. The molecule has 0 fully saturated rings. The third kappa shape index (κ3) is 2.58. The normalized spacial score (nSPS) is 17.8. The summed E-state index contributed by atoms with van der Waals surface area (Å²) in [7, 11) is 3.72. The maximum Gasteiger partial charge on any atom is 0.124 e. The predicted molar refractivity (Wildman–Crippen MR) is 83.7 cm³/mol. The standard InChI is InChI=1S/C16H20N2OS/c1-17-10-12-6-4-8-14-15(12)18-16(20-14)11-5-3-7-13(9-11)19-2/h3,5,7,9,12,17H,4,6,8,10H2,1-2H3. The first kappa shape index (κ1) is 13.6. The van der Waals surface area contributed by atoms with Crippen LogP contribution in [0.4, 0.5) is 0 Å². The molecular formula is C16H20N2OS. The number of rotatable bonds is 4. The van der Waals surface area contributed by atoms with Crippen LogP contribution >= 0.6 is 11.3 Å². The van der Waals surface area contributed by atoms with Crippen molar-refractivity contribution in [1.82, 2.24) is 10.3 Å². The number of aromatic nitrogens is 1. The Morgan fingerprint density at radius 2 is 2.35 bits per heavy atom. The van der Waals surface area contributed by atoms with Gasteiger partial charge in [-0.15, -0.1) is 11.3 Å². The number of nitrogens with zero attached hydrogens (tertiary/aromatic N) is 1. The lowest BCUT2D eigenvalue weighted by molar-refractivity contribution is 0.415. The van der Waals surface area contributed by atoms with Crippen molar-refractivity contribution < 1.29 is 4.74 Å². The molecule has 0 amide bonds. The van der Waals surface area contributed by atoms with Crippen molar-refractivity contribution in [2.75, 3.05) is 20.7 Å². The van der Waals surface area contributed by atoms with Crippen molar-refractivity contribution in [3.8, 4) is 16.3 Å². The number of likely N-dealkylation sites (N-methyl/N-ethyl adjacent to an activating group) is 1. The fourth-order valence-electron chi connectivity index (χ4n) is 2.83. The summed E-state index contributed by atoms with van der Waals surface area (Å²) >= 11 is 1.84. The van der Waals surface area contributed by atoms with E-state index < -0.39 is 0 Å². The fraction of sp³-hybridized carbons (Fsp3) is 0.438. The molecule has 2 aromatic rings. The second-order valence-corrected chi connectivity index (χ2v) is 6.29. The first-order valence-electron chi connectivity index (χ1n) is 7.10. The first-order valence-corrected chi connectivity index (χ1v) is 7.92. The minimum Gasteiger partial charge on any atom is -0.497 e. The largest absolute Gasteiger partial charge is 0.497 e. The molecule has 0 bridgehead atoms. The van der Waals surface area contributed by atoms with Gasteiger partial charge in [-0.25, -0.2) is 4.98 Å². The van der Waals surface area contributed by atoms with Gasteiger partial charge in [0, 0.05) is 22.9 Å². The fourth-order valence-corrected chi connectivity index (χ4v) is 4.02. The Balaban J connectivity index is 1.95. The number of hydrogen-bond acceptors (Lipinski definition) is 4. The van der Waals surface area contributed by atoms with Crippen molar-refractivity contribution >= 4 is 11.3 Å². The number of benzene rings is 1. The van der Waals surface area contributed by atoms with Crippen LogP contribution in [0.5, 0.6) is 5.75 Å². The third-order valence-electron chi connectivity index (χ3n) is 3.84. The van der Waals surface area contributed by atoms with Crippen LogP contribution in [0.1, 0.15) is 29.3 Å². The summed E-state index contributed by atoms with van der Waals surface area (Å²) in [6, 6.07) is 8.18. The maximum absolute atomic E-state index is 5.30. The quantitative estimate of drug-likeness (QED) is 0.935. The van der Waals surface area contributed by atoms with E-state index in [0.29, 0.717) is 5.92 Å². The SMILES string of the molecule is CNCC1CCCc2sc(-c3cccc(OC)c3)nc21. The van der Waals surface area contributed by atoms with Gasteiger partial charge in [-0.2, -0.15) is 0 Å². The van der Waals surface area contributed by atoms with Crippen LogP contribution in [0, 0.1) is 0 Å². The minimum atomic E-state index is 0.569. The lowest BCUT2D eigenvalue weighted by Gasteiger charge is -2.20. The number of thiazole rings is 1. The van der Waals surface area contributed by atoms with E-state index in [4.69, 9.17) is 9.72 Å². The molecular weight excluding hydrogens is 268 g/mol. The van der Waals surface area contributed by atoms with Crippen molar-refractivity contribution in [2.45, 2.75) is 25.2 Å². The molecule has 1 heterocycles. The molecule has 0 aliphatic heterocycles. The number of methoxy groups -OCH3 is 1. The molecule has 106 valence electrons. The van der Waals surface area contributed by atoms with Gasteiger partial charge in [0.1, 0.15) is 10.8 Å². The summed E-state index contributed by atoms with van der Waals surface area (Å²) in [4.78, 5) is 6.39. The lowest BCUT2D eigenvalue weighted by Crippen LogP contribution is -2.20. The van der Waals surface area contributed by atoms with Crippen LogP contribution < -0.4 is 10.1 Å². The number of nitrogens with one attached hydrogen (secondary N) is 1. The summed E-state index contributed by atoms with van der Waals surface area (Å²) in [5, 5.41) is 4.41. The van der Waals surface area contributed by atoms with E-state index in [1.165, 1.54) is 29.8 Å². The van der Waals surface area contributed by atoms with Gasteiger partial charge >= 0.3 is 0 Å². The summed E-state index contributed by atoms with van der Waals surface area (Å²) in [5.74, 6) is 1.46. The Bertz CT molecular complexity index is 594. The maximum atomic E-state index is 5.30. The zero-order chi connectivity index (χ0) is 13.9. The average Bonchev–Trinajstić information content (AvgIpc) is 2.93. The van der Waals surface area contributed by atoms with Crippen LogP contribution in [0.25, 0.3) is 10.6 Å². The van der Waals surface area contributed by atoms with E-state index >= 15 is 0 Å². The predicted octanol–water partition coefficient (Wildman–Crippen LogP) is 3.46. The molecule has 1 aliphatic rings. The van der Waals surface area contributed by atoms with Gasteiger partial charge in [-0.1, -0.05) is 12.1 Å². The number of hydrogen-bond donors (Lipinski definition) is 1. The smallest absolute Gasteiger partial charge is 0.124 e. The van der Waals surface area contributed by atoms with E-state index in [-0.39, 0.29) is 0 Å². The number of aryl methyl sites for hydroxylation is 1. The monoisotopic (exact) mass is 288 g/mol. The van der Waals surface area contributed by atoms with Gasteiger partial charge in [0.25, 0.3) is 0 Å². The second-order valence-electron chi connectivity index (χ2n) is 5.21. The second kappa shape index (κ2) is 5.94. The molecule has 0 saturated heterocycles. The highest BCUT2D eigenvalue weighted by Crippen LogP contribution is 2.38. The van der Waals surface area contributed by atoms with E-state index in [1.54, 1.807) is 7.11 Å². The molecule has 1 unspecified atom stereocenters. The highest BCUT2D eigenvalue weighted by Gasteiger charge is 2.24. The van der Waals surface area contributed by atoms with Crippen molar-refractivity contribution in [3.63, 3.8) is 0 Å². The Labute approximate surface area is 124 Å². The molecule has 0 spiro atoms. The molecule has 0 radical (unpaired) electrons. The Morgan fingerprint density at radius 1 is 1.45 bits per heavy atom. The highest BCUT2D eigenvalue weighted by molar-refractivity contribution is 7.15. The molecule has 3 nitrogen and oxygen atoms in total. The molecule has 1 atom stereocenters. The van der Waals surface area contributed by atoms with Crippen molar-refractivity contribution in [3.05, 3.63) is 34.8 Å². The van der Waals surface area contributed by atoms with Gasteiger partial charge in [0.2, 0.25) is 0 Å². The molecule has 1 N–H and O–H groups in total. The molecule has 1 aromatic carbocycles. The Morgan fingerprint density at radius 3 is 3.15 bits per heavy atom. The molecule has 4 heteroatoms. The summed E-state index contributed by atoms with van der Waals surface area (Å²) in [6.45, 7) is 1.02. The average molecular weight is 288 g/mol. The van der Waals surface area contributed by atoms with Gasteiger partial charge in [0.05, 0.1) is 12.8 Å². The van der Waals surface area contributed by atoms with E-state index in [0.717, 1.165) is 22.9 Å². The molecule has 1 aliphatic carbocycles. The van der Waals surface area contributed by atoms with E-state index in [2.05, 4.69) is 17.4 Å². The highest BCUT2D eigenvalue weighted by atomic mass is 32.1. The molecule has 1 aromatic heterocycles. The summed E-state index contributed by atoms with van der Waals surface area (Å²) < 4.78 is 5.30. The minimum absolute atomic E-state index is 0.569. The zero-order valence-electron chi connectivity index (χ0n) is 12.0. The van der Waals surface area contributed by atoms with Crippen LogP contribution in [-0.2, 0) is 6.42 Å². The van der Waals surface area contributed by atoms with Gasteiger partial charge in [0.15, 0.2) is 0 Å². The van der Waals surface area contributed by atoms with E-state index in [1.807, 2.05) is 30.5 Å². The van der Waals surface area contributed by atoms with Gasteiger partial charge < -0.3 is 10.1 Å².